The number of sulfonamides is 1. The van der Waals surface area contributed by atoms with E-state index in [9.17, 15) is 8.42 Å². The molecule has 0 amide bonds. The molecule has 0 aliphatic carbocycles. The summed E-state index contributed by atoms with van der Waals surface area (Å²) in [6.45, 7) is 6.37. The average Bonchev–Trinajstić information content (AvgIpc) is 3.01. The van der Waals surface area contributed by atoms with Crippen molar-refractivity contribution >= 4 is 21.4 Å². The Morgan fingerprint density at radius 2 is 1.76 bits per heavy atom. The molecule has 2 aromatic rings. The van der Waals surface area contributed by atoms with Crippen molar-refractivity contribution < 1.29 is 17.9 Å². The predicted octanol–water partition coefficient (Wildman–Crippen LogP) is 3.79. The molecule has 1 aromatic heterocycles. The van der Waals surface area contributed by atoms with Gasteiger partial charge in [-0.3, -0.25) is 0 Å². The highest BCUT2D eigenvalue weighted by atomic mass is 32.2. The van der Waals surface area contributed by atoms with E-state index in [-0.39, 0.29) is 11.8 Å². The maximum absolute atomic E-state index is 12.5. The van der Waals surface area contributed by atoms with E-state index < -0.39 is 10.0 Å². The molecule has 1 unspecified atom stereocenters. The fourth-order valence-electron chi connectivity index (χ4n) is 2.65. The van der Waals surface area contributed by atoms with E-state index in [4.69, 9.17) is 9.47 Å². The molecule has 1 heterocycles. The quantitative estimate of drug-likeness (QED) is 0.753. The van der Waals surface area contributed by atoms with Crippen LogP contribution in [0.25, 0.3) is 0 Å². The Hall–Kier alpha value is -1.57. The van der Waals surface area contributed by atoms with Gasteiger partial charge in [0.15, 0.2) is 11.5 Å². The summed E-state index contributed by atoms with van der Waals surface area (Å²) in [4.78, 5) is 0.973. The second-order valence-corrected chi connectivity index (χ2v) is 9.46. The zero-order valence-electron chi connectivity index (χ0n) is 15.2. The second kappa shape index (κ2) is 8.21. The summed E-state index contributed by atoms with van der Waals surface area (Å²) in [6, 6.07) is 9.17. The number of nitrogens with one attached hydrogen (secondary N) is 1. The van der Waals surface area contributed by atoms with Gasteiger partial charge in [0.2, 0.25) is 10.0 Å². The first kappa shape index (κ1) is 19.8. The number of thiophene rings is 1. The molecule has 1 atom stereocenters. The third-order valence-electron chi connectivity index (χ3n) is 4.11. The van der Waals surface area contributed by atoms with Crippen molar-refractivity contribution in [2.75, 3.05) is 20.8 Å². The van der Waals surface area contributed by atoms with Crippen LogP contribution >= 0.6 is 11.3 Å². The van der Waals surface area contributed by atoms with Gasteiger partial charge in [0, 0.05) is 11.4 Å². The summed E-state index contributed by atoms with van der Waals surface area (Å²) in [5.74, 6) is 1.58. The molecule has 7 heteroatoms. The molecule has 0 saturated heterocycles. The van der Waals surface area contributed by atoms with E-state index in [0.29, 0.717) is 22.3 Å². The number of rotatable bonds is 8. The van der Waals surface area contributed by atoms with Gasteiger partial charge < -0.3 is 9.47 Å². The number of ether oxygens (including phenoxy) is 2. The van der Waals surface area contributed by atoms with Gasteiger partial charge in [-0.15, -0.1) is 11.3 Å². The van der Waals surface area contributed by atoms with Crippen molar-refractivity contribution in [3.8, 4) is 11.5 Å². The highest BCUT2D eigenvalue weighted by molar-refractivity contribution is 7.91. The van der Waals surface area contributed by atoms with Crippen LogP contribution in [0.15, 0.2) is 34.5 Å². The number of hydrogen-bond donors (Lipinski definition) is 1. The third-order valence-corrected chi connectivity index (χ3v) is 7.03. The van der Waals surface area contributed by atoms with Crippen LogP contribution in [0.4, 0.5) is 0 Å². The normalized spacial score (nSPS) is 13.0. The van der Waals surface area contributed by atoms with Gasteiger partial charge in [-0.05, 0) is 48.6 Å². The molecule has 0 fully saturated rings. The maximum Gasteiger partial charge on any atom is 0.250 e. The predicted molar refractivity (Wildman–Crippen MR) is 101 cm³/mol. The highest BCUT2D eigenvalue weighted by Crippen LogP contribution is 2.33. The molecule has 2 rings (SSSR count). The van der Waals surface area contributed by atoms with E-state index >= 15 is 0 Å². The first-order valence-electron chi connectivity index (χ1n) is 8.06. The van der Waals surface area contributed by atoms with Gasteiger partial charge in [0.25, 0.3) is 0 Å². The van der Waals surface area contributed by atoms with Crippen LogP contribution in [0.3, 0.4) is 0 Å². The smallest absolute Gasteiger partial charge is 0.250 e. The lowest BCUT2D eigenvalue weighted by atomic mass is 9.88. The molecule has 0 bridgehead atoms. The van der Waals surface area contributed by atoms with Gasteiger partial charge in [-0.25, -0.2) is 13.1 Å². The first-order chi connectivity index (χ1) is 11.8. The van der Waals surface area contributed by atoms with Crippen LogP contribution in [0.2, 0.25) is 0 Å². The summed E-state index contributed by atoms with van der Waals surface area (Å²) in [5, 5.41) is 0. The van der Waals surface area contributed by atoms with Gasteiger partial charge >= 0.3 is 0 Å². The second-order valence-electron chi connectivity index (χ2n) is 6.18. The lowest BCUT2D eigenvalue weighted by Gasteiger charge is -2.22. The van der Waals surface area contributed by atoms with Gasteiger partial charge in [0.05, 0.1) is 14.2 Å². The van der Waals surface area contributed by atoms with Crippen LogP contribution < -0.4 is 14.2 Å². The summed E-state index contributed by atoms with van der Waals surface area (Å²) >= 11 is 1.27. The highest BCUT2D eigenvalue weighted by Gasteiger charge is 2.22. The molecular formula is C18H25NO4S2. The van der Waals surface area contributed by atoms with Gasteiger partial charge in [-0.2, -0.15) is 0 Å². The summed E-state index contributed by atoms with van der Waals surface area (Å²) < 4.78 is 38.7. The zero-order chi connectivity index (χ0) is 18.6. The fourth-order valence-corrected chi connectivity index (χ4v) is 5.04. The Labute approximate surface area is 154 Å². The molecular weight excluding hydrogens is 358 g/mol. The summed E-state index contributed by atoms with van der Waals surface area (Å²) in [6.07, 6.45) is 0. The molecule has 25 heavy (non-hydrogen) atoms. The number of aryl methyl sites for hydroxylation is 1. The van der Waals surface area contributed by atoms with E-state index in [1.807, 2.05) is 31.2 Å². The molecule has 0 radical (unpaired) electrons. The van der Waals surface area contributed by atoms with Crippen molar-refractivity contribution in [3.63, 3.8) is 0 Å². The Kier molecular flexibility index (Phi) is 6.48. The SMILES string of the molecule is COc1ccc(C(CNS(=O)(=O)c2ccc(C)s2)C(C)C)cc1OC. The molecule has 138 valence electrons. The van der Waals surface area contributed by atoms with Crippen molar-refractivity contribution in [1.29, 1.82) is 0 Å². The van der Waals surface area contributed by atoms with Crippen LogP contribution in [0.1, 0.15) is 30.2 Å². The third kappa shape index (κ3) is 4.74. The van der Waals surface area contributed by atoms with Crippen molar-refractivity contribution in [2.45, 2.75) is 30.9 Å². The van der Waals surface area contributed by atoms with E-state index in [0.717, 1.165) is 10.4 Å². The first-order valence-corrected chi connectivity index (χ1v) is 10.4. The molecule has 1 N–H and O–H groups in total. The Morgan fingerprint density at radius 3 is 2.28 bits per heavy atom. The minimum Gasteiger partial charge on any atom is -0.493 e. The number of benzene rings is 1. The number of hydrogen-bond acceptors (Lipinski definition) is 5. The largest absolute Gasteiger partial charge is 0.493 e. The van der Waals surface area contributed by atoms with E-state index in [2.05, 4.69) is 18.6 Å². The lowest BCUT2D eigenvalue weighted by Crippen LogP contribution is -2.30. The molecule has 1 aromatic carbocycles. The number of methoxy groups -OCH3 is 2. The molecule has 0 aliphatic heterocycles. The Balaban J connectivity index is 2.22. The lowest BCUT2D eigenvalue weighted by molar-refractivity contribution is 0.353. The van der Waals surface area contributed by atoms with Crippen LogP contribution in [-0.2, 0) is 10.0 Å². The van der Waals surface area contributed by atoms with Crippen molar-refractivity contribution in [2.24, 2.45) is 5.92 Å². The van der Waals surface area contributed by atoms with Crippen molar-refractivity contribution in [1.82, 2.24) is 4.72 Å². The van der Waals surface area contributed by atoms with Crippen LogP contribution in [0.5, 0.6) is 11.5 Å². The van der Waals surface area contributed by atoms with E-state index in [1.165, 1.54) is 11.3 Å². The Bertz CT molecular complexity index is 812. The van der Waals surface area contributed by atoms with Crippen LogP contribution in [-0.4, -0.2) is 29.2 Å². The minimum absolute atomic E-state index is 0.0237. The monoisotopic (exact) mass is 383 g/mol. The topological polar surface area (TPSA) is 64.6 Å². The zero-order valence-corrected chi connectivity index (χ0v) is 16.8. The average molecular weight is 384 g/mol. The molecule has 0 saturated carbocycles. The summed E-state index contributed by atoms with van der Waals surface area (Å²) in [5.41, 5.74) is 1.01. The van der Waals surface area contributed by atoms with E-state index in [1.54, 1.807) is 20.3 Å². The van der Waals surface area contributed by atoms with Crippen LogP contribution in [0, 0.1) is 12.8 Å². The van der Waals surface area contributed by atoms with Gasteiger partial charge in [0.1, 0.15) is 4.21 Å². The minimum atomic E-state index is -3.49. The van der Waals surface area contributed by atoms with Gasteiger partial charge in [-0.1, -0.05) is 19.9 Å². The molecule has 0 spiro atoms. The Morgan fingerprint density at radius 1 is 1.08 bits per heavy atom. The fraction of sp³-hybridized carbons (Fsp3) is 0.444. The molecule has 0 aliphatic rings. The molecule has 5 nitrogen and oxygen atoms in total. The van der Waals surface area contributed by atoms with Crippen molar-refractivity contribution in [3.05, 3.63) is 40.8 Å². The standard InChI is InChI=1S/C18H25NO4S2/c1-12(2)15(14-7-8-16(22-4)17(10-14)23-5)11-19-25(20,21)18-9-6-13(3)24-18/h6-10,12,15,19H,11H2,1-5H3. The maximum atomic E-state index is 12.5. The summed E-state index contributed by atoms with van der Waals surface area (Å²) in [7, 11) is -0.309.